The standard InChI is InChI=1S/C13H20Cl3NO4.Ac/c1-4-6-19-10-7(3)8(5-2)20-11(9(10)18)21-12(17)13(14,15)16;/h4,7-11,17-18H,1,5-6H2,2-3H3;/t7-,8?,9?,10+,11-;/m1./s1. The normalized spacial score (nSPS) is 32.0. The Balaban J connectivity index is 0.00000441. The van der Waals surface area contributed by atoms with Crippen LogP contribution in [0, 0.1) is 55.4 Å². The molecule has 5 nitrogen and oxygen atoms in total. The number of aliphatic hydroxyl groups is 1. The number of nitrogens with one attached hydrogen (secondary N) is 1. The molecule has 1 aliphatic rings. The van der Waals surface area contributed by atoms with Crippen LogP contribution in [0.1, 0.15) is 20.3 Å². The minimum Gasteiger partial charge on any atom is -0.445 e. The van der Waals surface area contributed by atoms with Gasteiger partial charge >= 0.3 is 0 Å². The van der Waals surface area contributed by atoms with Crippen molar-refractivity contribution in [1.29, 1.82) is 5.41 Å². The summed E-state index contributed by atoms with van der Waals surface area (Å²) in [7, 11) is 0. The monoisotopic (exact) mass is 586 g/mol. The minimum atomic E-state index is -2.01. The summed E-state index contributed by atoms with van der Waals surface area (Å²) in [6.07, 6.45) is -0.650. The molecule has 0 bridgehead atoms. The molecule has 1 heterocycles. The zero-order valence-corrected chi connectivity index (χ0v) is 19.5. The number of halogens is 3. The Bertz CT molecular complexity index is 381. The molecule has 9 heteroatoms. The van der Waals surface area contributed by atoms with Crippen molar-refractivity contribution in [3.05, 3.63) is 12.7 Å². The van der Waals surface area contributed by atoms with Gasteiger partial charge in [-0.25, -0.2) is 0 Å². The second-order valence-corrected chi connectivity index (χ2v) is 7.11. The van der Waals surface area contributed by atoms with Crippen LogP contribution in [0.15, 0.2) is 12.7 Å². The van der Waals surface area contributed by atoms with Gasteiger partial charge in [0.15, 0.2) is 0 Å². The van der Waals surface area contributed by atoms with Crippen molar-refractivity contribution >= 4 is 40.7 Å². The van der Waals surface area contributed by atoms with Crippen molar-refractivity contribution < 1.29 is 63.4 Å². The summed E-state index contributed by atoms with van der Waals surface area (Å²) >= 11 is 16.7. The fourth-order valence-electron chi connectivity index (χ4n) is 2.23. The third-order valence-electron chi connectivity index (χ3n) is 3.33. The van der Waals surface area contributed by atoms with Crippen molar-refractivity contribution in [1.82, 2.24) is 0 Å². The van der Waals surface area contributed by atoms with Crippen molar-refractivity contribution in [2.75, 3.05) is 6.61 Å². The van der Waals surface area contributed by atoms with E-state index in [1.165, 1.54) is 0 Å². The average molecular weight is 588 g/mol. The molecule has 22 heavy (non-hydrogen) atoms. The van der Waals surface area contributed by atoms with E-state index in [4.69, 9.17) is 54.4 Å². The van der Waals surface area contributed by atoms with Crippen LogP contribution in [0.25, 0.3) is 0 Å². The van der Waals surface area contributed by atoms with Crippen LogP contribution >= 0.6 is 34.8 Å². The number of alkyl halides is 3. The van der Waals surface area contributed by atoms with E-state index >= 15 is 0 Å². The van der Waals surface area contributed by atoms with Gasteiger partial charge in [-0.2, -0.15) is 0 Å². The predicted molar refractivity (Wildman–Crippen MR) is 83.2 cm³/mol. The molecule has 1 saturated heterocycles. The third kappa shape index (κ3) is 6.37. The van der Waals surface area contributed by atoms with Crippen molar-refractivity contribution in [3.8, 4) is 0 Å². The van der Waals surface area contributed by atoms with E-state index < -0.39 is 28.2 Å². The second-order valence-electron chi connectivity index (χ2n) is 4.83. The number of rotatable bonds is 5. The minimum absolute atomic E-state index is 0. The largest absolute Gasteiger partial charge is 0.445 e. The first-order valence-corrected chi connectivity index (χ1v) is 7.74. The topological polar surface area (TPSA) is 71.8 Å². The molecule has 1 aliphatic heterocycles. The Morgan fingerprint density at radius 2 is 2.05 bits per heavy atom. The van der Waals surface area contributed by atoms with Crippen molar-refractivity contribution in [2.45, 2.75) is 48.7 Å². The summed E-state index contributed by atoms with van der Waals surface area (Å²) in [5.41, 5.74) is 0. The first kappa shape index (κ1) is 23.4. The molecule has 0 spiro atoms. The third-order valence-corrected chi connectivity index (χ3v) is 3.84. The fourth-order valence-corrected chi connectivity index (χ4v) is 2.37. The molecule has 125 valence electrons. The first-order chi connectivity index (χ1) is 9.72. The Hall–Kier alpha value is 1.40. The molecule has 0 aromatic rings. The molecular weight excluding hydrogens is 568 g/mol. The summed E-state index contributed by atoms with van der Waals surface area (Å²) in [4.78, 5) is 0. The molecule has 5 atom stereocenters. The van der Waals surface area contributed by atoms with Gasteiger partial charge in [0.25, 0.3) is 3.79 Å². The predicted octanol–water partition coefficient (Wildman–Crippen LogP) is 3.05. The SMILES string of the molecule is C=CCO[C@@H]1C(O)[C@@H](OC(=N)C(Cl)(Cl)Cl)OC(CC)[C@H]1C.[Ac]. The molecular formula is C13H20AcCl3NO4. The van der Waals surface area contributed by atoms with Gasteiger partial charge in [0.05, 0.1) is 18.8 Å². The average Bonchev–Trinajstić information content (AvgIpc) is 2.40. The van der Waals surface area contributed by atoms with Gasteiger partial charge in [-0.1, -0.05) is 54.7 Å². The smallest absolute Gasteiger partial charge is 0.265 e. The van der Waals surface area contributed by atoms with Crippen molar-refractivity contribution in [3.63, 3.8) is 0 Å². The van der Waals surface area contributed by atoms with Gasteiger partial charge in [-0.05, 0) is 6.42 Å². The van der Waals surface area contributed by atoms with E-state index in [9.17, 15) is 5.11 Å². The summed E-state index contributed by atoms with van der Waals surface area (Å²) in [5.74, 6) is -0.657. The second kappa shape index (κ2) is 10.4. The van der Waals surface area contributed by atoms with E-state index in [0.29, 0.717) is 6.42 Å². The van der Waals surface area contributed by atoms with E-state index in [-0.39, 0.29) is 62.7 Å². The zero-order valence-electron chi connectivity index (χ0n) is 12.5. The molecule has 0 saturated carbocycles. The van der Waals surface area contributed by atoms with Crippen LogP contribution in [0.3, 0.4) is 0 Å². The molecule has 2 N–H and O–H groups in total. The molecule has 1 fully saturated rings. The number of hydrogen-bond acceptors (Lipinski definition) is 5. The van der Waals surface area contributed by atoms with Crippen LogP contribution in [0.2, 0.25) is 0 Å². The van der Waals surface area contributed by atoms with E-state index in [1.807, 2.05) is 13.8 Å². The van der Waals surface area contributed by atoms with E-state index in [0.717, 1.165) is 0 Å². The zero-order chi connectivity index (χ0) is 16.2. The van der Waals surface area contributed by atoms with E-state index in [1.54, 1.807) is 6.08 Å². The maximum Gasteiger partial charge on any atom is 0.265 e. The first-order valence-electron chi connectivity index (χ1n) is 6.60. The number of aliphatic hydroxyl groups excluding tert-OH is 1. The molecule has 2 unspecified atom stereocenters. The maximum absolute atomic E-state index is 10.3. The van der Waals surface area contributed by atoms with E-state index in [2.05, 4.69) is 6.58 Å². The molecule has 1 radical (unpaired) electrons. The summed E-state index contributed by atoms with van der Waals surface area (Å²) < 4.78 is 14.4. The molecule has 0 aromatic heterocycles. The van der Waals surface area contributed by atoms with Crippen LogP contribution in [-0.4, -0.2) is 46.0 Å². The summed E-state index contributed by atoms with van der Waals surface area (Å²) in [5, 5.41) is 17.9. The summed E-state index contributed by atoms with van der Waals surface area (Å²) in [6.45, 7) is 7.73. The van der Waals surface area contributed by atoms with Gasteiger partial charge in [-0.15, -0.1) is 6.58 Å². The van der Waals surface area contributed by atoms with Gasteiger partial charge in [0.2, 0.25) is 12.2 Å². The van der Waals surface area contributed by atoms with Crippen LogP contribution in [0.4, 0.5) is 0 Å². The number of hydrogen-bond donors (Lipinski definition) is 2. The maximum atomic E-state index is 10.3. The van der Waals surface area contributed by atoms with Crippen LogP contribution in [0.5, 0.6) is 0 Å². The Kier molecular flexibility index (Phi) is 11.1. The van der Waals surface area contributed by atoms with Crippen LogP contribution in [-0.2, 0) is 14.2 Å². The molecule has 0 aromatic carbocycles. The van der Waals surface area contributed by atoms with Gasteiger partial charge in [-0.3, -0.25) is 5.41 Å². The Labute approximate surface area is 181 Å². The fraction of sp³-hybridized carbons (Fsp3) is 0.769. The molecule has 1 rings (SSSR count). The molecule has 0 amide bonds. The van der Waals surface area contributed by atoms with Gasteiger partial charge in [0.1, 0.15) is 6.10 Å². The quantitative estimate of drug-likeness (QED) is 0.225. The van der Waals surface area contributed by atoms with Gasteiger partial charge < -0.3 is 19.3 Å². The molecule has 0 aliphatic carbocycles. The Morgan fingerprint density at radius 1 is 1.45 bits per heavy atom. The number of ether oxygens (including phenoxy) is 3. The Morgan fingerprint density at radius 3 is 2.50 bits per heavy atom. The summed E-state index contributed by atoms with van der Waals surface area (Å²) in [6, 6.07) is 0. The van der Waals surface area contributed by atoms with Gasteiger partial charge in [0, 0.05) is 50.0 Å². The van der Waals surface area contributed by atoms with Crippen LogP contribution < -0.4 is 0 Å². The van der Waals surface area contributed by atoms with Crippen molar-refractivity contribution in [2.24, 2.45) is 5.92 Å².